The summed E-state index contributed by atoms with van der Waals surface area (Å²) in [4.78, 5) is 27.0. The molecular formula is C18H23N3O5S2. The van der Waals surface area contributed by atoms with Crippen LogP contribution < -0.4 is 5.01 Å². The second-order valence-electron chi connectivity index (χ2n) is 6.56. The fraction of sp³-hybridized carbons (Fsp3) is 0.500. The van der Waals surface area contributed by atoms with E-state index in [0.717, 1.165) is 6.26 Å². The van der Waals surface area contributed by atoms with Crippen molar-refractivity contribution >= 4 is 44.9 Å². The van der Waals surface area contributed by atoms with Gasteiger partial charge in [-0.05, 0) is 19.1 Å². The van der Waals surface area contributed by atoms with Gasteiger partial charge in [0.15, 0.2) is 9.84 Å². The fourth-order valence-electron chi connectivity index (χ4n) is 3.24. The first-order valence-corrected chi connectivity index (χ1v) is 12.1. The molecule has 2 aliphatic heterocycles. The van der Waals surface area contributed by atoms with Gasteiger partial charge in [-0.1, -0.05) is 18.2 Å². The first kappa shape index (κ1) is 20.7. The minimum atomic E-state index is -3.43. The van der Waals surface area contributed by atoms with Crippen molar-refractivity contribution in [2.24, 2.45) is 5.10 Å². The van der Waals surface area contributed by atoms with Crippen molar-refractivity contribution in [3.63, 3.8) is 0 Å². The largest absolute Gasteiger partial charge is 0.461 e. The van der Waals surface area contributed by atoms with Crippen LogP contribution in [0.3, 0.4) is 0 Å². The molecule has 1 aromatic rings. The van der Waals surface area contributed by atoms with E-state index in [1.165, 1.54) is 21.7 Å². The highest BCUT2D eigenvalue weighted by Gasteiger charge is 2.43. The van der Waals surface area contributed by atoms with Gasteiger partial charge < -0.3 is 9.64 Å². The molecule has 1 aromatic carbocycles. The van der Waals surface area contributed by atoms with Crippen LogP contribution in [-0.2, 0) is 24.2 Å². The second kappa shape index (κ2) is 8.52. The minimum absolute atomic E-state index is 0.0761. The third-order valence-corrected chi connectivity index (χ3v) is 7.23. The average Bonchev–Trinajstić information content (AvgIpc) is 3.13. The Hall–Kier alpha value is -2.07. The monoisotopic (exact) mass is 425 g/mol. The molecule has 0 spiro atoms. The third kappa shape index (κ3) is 4.33. The molecule has 8 nitrogen and oxygen atoms in total. The number of nitrogens with zero attached hydrogens (tertiary/aromatic N) is 3. The number of hydrogen-bond donors (Lipinski definition) is 0. The molecule has 28 heavy (non-hydrogen) atoms. The summed E-state index contributed by atoms with van der Waals surface area (Å²) in [6.45, 7) is 2.25. The van der Waals surface area contributed by atoms with Gasteiger partial charge in [-0.3, -0.25) is 9.80 Å². The molecule has 0 unspecified atom stereocenters. The topological polar surface area (TPSA) is 96.3 Å². The van der Waals surface area contributed by atoms with Gasteiger partial charge in [0, 0.05) is 30.7 Å². The number of hydrazone groups is 1. The number of carbonyl (C=O) groups is 2. The summed E-state index contributed by atoms with van der Waals surface area (Å²) >= 11 is 1.51. The maximum Gasteiger partial charge on any atom is 0.354 e. The van der Waals surface area contributed by atoms with Crippen LogP contribution in [-0.4, -0.2) is 73.2 Å². The predicted octanol–water partition coefficient (Wildman–Crippen LogP) is 1.13. The first-order valence-electron chi connectivity index (χ1n) is 8.99. The van der Waals surface area contributed by atoms with Gasteiger partial charge in [0.1, 0.15) is 17.1 Å². The minimum Gasteiger partial charge on any atom is -0.461 e. The summed E-state index contributed by atoms with van der Waals surface area (Å²) in [5.74, 6) is 0.102. The zero-order valence-corrected chi connectivity index (χ0v) is 17.4. The number of anilines is 1. The molecule has 2 heterocycles. The van der Waals surface area contributed by atoms with Crippen molar-refractivity contribution in [3.8, 4) is 0 Å². The normalized spacial score (nSPS) is 22.7. The lowest BCUT2D eigenvalue weighted by Crippen LogP contribution is -2.55. The lowest BCUT2D eigenvalue weighted by molar-refractivity contribution is -0.135. The van der Waals surface area contributed by atoms with Crippen LogP contribution in [0, 0.1) is 0 Å². The van der Waals surface area contributed by atoms with E-state index in [1.54, 1.807) is 19.1 Å². The zero-order chi connectivity index (χ0) is 20.3. The number of carbonyl (C=O) groups excluding carboxylic acids is 2. The van der Waals surface area contributed by atoms with E-state index in [0.29, 0.717) is 23.7 Å². The van der Waals surface area contributed by atoms with Crippen molar-refractivity contribution in [2.75, 3.05) is 35.9 Å². The Morgan fingerprint density at radius 1 is 1.29 bits per heavy atom. The molecule has 0 N–H and O–H groups in total. The summed E-state index contributed by atoms with van der Waals surface area (Å²) in [6.07, 6.45) is 1.22. The SMILES string of the molecule is CCOC(=O)C1=NN(c2ccccc2)[C@@H](C(=O)N2CCSC[C@@H]2S(C)(=O)=O)C1. The molecule has 0 bridgehead atoms. The van der Waals surface area contributed by atoms with E-state index < -0.39 is 27.2 Å². The quantitative estimate of drug-likeness (QED) is 0.653. The summed E-state index contributed by atoms with van der Waals surface area (Å²) in [5.41, 5.74) is 0.814. The molecule has 152 valence electrons. The zero-order valence-electron chi connectivity index (χ0n) is 15.8. The first-order chi connectivity index (χ1) is 13.3. The molecule has 10 heteroatoms. The van der Waals surface area contributed by atoms with E-state index in [1.807, 2.05) is 18.2 Å². The maximum atomic E-state index is 13.4. The molecule has 0 saturated carbocycles. The van der Waals surface area contributed by atoms with E-state index in [-0.39, 0.29) is 24.6 Å². The van der Waals surface area contributed by atoms with Crippen LogP contribution in [0.2, 0.25) is 0 Å². The Morgan fingerprint density at radius 3 is 2.64 bits per heavy atom. The number of para-hydroxylation sites is 1. The highest BCUT2D eigenvalue weighted by atomic mass is 32.2. The molecule has 2 aliphatic rings. The number of amides is 1. The maximum absolute atomic E-state index is 13.4. The molecule has 2 atom stereocenters. The Morgan fingerprint density at radius 2 is 2.00 bits per heavy atom. The number of ether oxygens (including phenoxy) is 1. The Kier molecular flexibility index (Phi) is 6.29. The molecular weight excluding hydrogens is 402 g/mol. The van der Waals surface area contributed by atoms with Crippen LogP contribution in [0.5, 0.6) is 0 Å². The van der Waals surface area contributed by atoms with Gasteiger partial charge in [-0.15, -0.1) is 0 Å². The van der Waals surface area contributed by atoms with Crippen molar-refractivity contribution in [3.05, 3.63) is 30.3 Å². The standard InChI is InChI=1S/C18H23N3O5S2/c1-3-26-18(23)14-11-15(21(19-14)13-7-5-4-6-8-13)17(22)20-9-10-27-12-16(20)28(2,24)25/h4-8,15-16H,3,9-12H2,1-2H3/t15-,16+/m1/s1. The fourth-order valence-corrected chi connectivity index (χ4v) is 6.06. The third-order valence-electron chi connectivity index (χ3n) is 4.59. The highest BCUT2D eigenvalue weighted by Crippen LogP contribution is 2.29. The van der Waals surface area contributed by atoms with Gasteiger partial charge in [0.25, 0.3) is 0 Å². The second-order valence-corrected chi connectivity index (χ2v) is 9.91. The summed E-state index contributed by atoms with van der Waals surface area (Å²) in [7, 11) is -3.43. The highest BCUT2D eigenvalue weighted by molar-refractivity contribution is 8.00. The molecule has 1 saturated heterocycles. The van der Waals surface area contributed by atoms with E-state index in [9.17, 15) is 18.0 Å². The number of esters is 1. The van der Waals surface area contributed by atoms with Crippen LogP contribution >= 0.6 is 11.8 Å². The van der Waals surface area contributed by atoms with Crippen LogP contribution in [0.4, 0.5) is 5.69 Å². The van der Waals surface area contributed by atoms with Crippen molar-refractivity contribution in [1.82, 2.24) is 4.90 Å². The van der Waals surface area contributed by atoms with Crippen molar-refractivity contribution in [2.45, 2.75) is 24.8 Å². The number of sulfone groups is 1. The van der Waals surface area contributed by atoms with Gasteiger partial charge >= 0.3 is 5.97 Å². The van der Waals surface area contributed by atoms with Gasteiger partial charge in [0.05, 0.1) is 12.3 Å². The number of rotatable bonds is 5. The van der Waals surface area contributed by atoms with Crippen molar-refractivity contribution in [1.29, 1.82) is 0 Å². The molecule has 1 amide bonds. The average molecular weight is 426 g/mol. The smallest absolute Gasteiger partial charge is 0.354 e. The van der Waals surface area contributed by atoms with Crippen LogP contribution in [0.15, 0.2) is 35.4 Å². The number of benzene rings is 1. The molecule has 0 aromatic heterocycles. The Balaban J connectivity index is 1.92. The summed E-state index contributed by atoms with van der Waals surface area (Å²) < 4.78 is 29.4. The van der Waals surface area contributed by atoms with E-state index >= 15 is 0 Å². The van der Waals surface area contributed by atoms with Crippen LogP contribution in [0.25, 0.3) is 0 Å². The van der Waals surface area contributed by atoms with Gasteiger partial charge in [0.2, 0.25) is 5.91 Å². The van der Waals surface area contributed by atoms with Gasteiger partial charge in [-0.25, -0.2) is 13.2 Å². The molecule has 0 radical (unpaired) electrons. The summed E-state index contributed by atoms with van der Waals surface area (Å²) in [6, 6.07) is 8.26. The number of hydrogen-bond acceptors (Lipinski definition) is 8. The van der Waals surface area contributed by atoms with E-state index in [4.69, 9.17) is 4.74 Å². The molecule has 1 fully saturated rings. The molecule has 0 aliphatic carbocycles. The van der Waals surface area contributed by atoms with Crippen LogP contribution in [0.1, 0.15) is 13.3 Å². The number of thioether (sulfide) groups is 1. The molecule has 3 rings (SSSR count). The summed E-state index contributed by atoms with van der Waals surface area (Å²) in [5, 5.41) is 4.96. The predicted molar refractivity (Wildman–Crippen MR) is 109 cm³/mol. The Labute approximate surface area is 168 Å². The lowest BCUT2D eigenvalue weighted by Gasteiger charge is -2.37. The van der Waals surface area contributed by atoms with Gasteiger partial charge in [-0.2, -0.15) is 16.9 Å². The Bertz CT molecular complexity index is 872. The van der Waals surface area contributed by atoms with E-state index in [2.05, 4.69) is 5.10 Å². The lowest BCUT2D eigenvalue weighted by atomic mass is 10.1. The van der Waals surface area contributed by atoms with Crippen molar-refractivity contribution < 1.29 is 22.7 Å².